The van der Waals surface area contributed by atoms with Gasteiger partial charge in [-0.3, -0.25) is 14.5 Å². The SMILES string of the molecule is C[C@H]1CN([C@@H](C)CO)C(=O)c2cc(NC(=O)C3CCCCC3)ccc2O[C@H]1CN(C)Cc1ccc(C(=O)O)cc1. The molecule has 1 fully saturated rings. The van der Waals surface area contributed by atoms with Gasteiger partial charge in [-0.1, -0.05) is 38.3 Å². The Balaban J connectivity index is 1.54. The fraction of sp³-hybridized carbons (Fsp3) is 0.516. The molecule has 2 aliphatic rings. The van der Waals surface area contributed by atoms with Gasteiger partial charge in [-0.25, -0.2) is 4.79 Å². The van der Waals surface area contributed by atoms with Gasteiger partial charge in [0.15, 0.2) is 0 Å². The van der Waals surface area contributed by atoms with Crippen LogP contribution in [0, 0.1) is 11.8 Å². The number of anilines is 1. The summed E-state index contributed by atoms with van der Waals surface area (Å²) in [6, 6.07) is 11.7. The van der Waals surface area contributed by atoms with Crippen molar-refractivity contribution in [2.24, 2.45) is 11.8 Å². The van der Waals surface area contributed by atoms with Crippen molar-refractivity contribution >= 4 is 23.5 Å². The molecule has 0 bridgehead atoms. The normalized spacial score (nSPS) is 20.7. The van der Waals surface area contributed by atoms with Crippen LogP contribution in [-0.2, 0) is 11.3 Å². The first-order chi connectivity index (χ1) is 19.2. The van der Waals surface area contributed by atoms with Gasteiger partial charge >= 0.3 is 5.97 Å². The number of carboxylic acids is 1. The first-order valence-corrected chi connectivity index (χ1v) is 14.2. The summed E-state index contributed by atoms with van der Waals surface area (Å²) in [6.45, 7) is 5.27. The van der Waals surface area contributed by atoms with Gasteiger partial charge in [-0.15, -0.1) is 0 Å². The number of benzene rings is 2. The van der Waals surface area contributed by atoms with E-state index in [1.54, 1.807) is 35.2 Å². The summed E-state index contributed by atoms with van der Waals surface area (Å²) in [5.74, 6) is -0.787. The minimum atomic E-state index is -0.955. The molecule has 3 atom stereocenters. The largest absolute Gasteiger partial charge is 0.488 e. The average molecular weight is 552 g/mol. The Labute approximate surface area is 236 Å². The van der Waals surface area contributed by atoms with E-state index in [4.69, 9.17) is 9.84 Å². The Morgan fingerprint density at radius 3 is 2.48 bits per heavy atom. The molecule has 2 aromatic rings. The summed E-state index contributed by atoms with van der Waals surface area (Å²) in [5.41, 5.74) is 2.16. The highest BCUT2D eigenvalue weighted by Gasteiger charge is 2.34. The lowest BCUT2D eigenvalue weighted by Gasteiger charge is -2.38. The molecule has 1 aliphatic carbocycles. The highest BCUT2D eigenvalue weighted by atomic mass is 16.5. The van der Waals surface area contributed by atoms with Crippen LogP contribution in [0.4, 0.5) is 5.69 Å². The first-order valence-electron chi connectivity index (χ1n) is 14.2. The predicted octanol–water partition coefficient (Wildman–Crippen LogP) is 4.26. The zero-order valence-electron chi connectivity index (χ0n) is 23.6. The van der Waals surface area contributed by atoms with E-state index in [1.807, 2.05) is 33.0 Å². The third-order valence-corrected chi connectivity index (χ3v) is 8.05. The highest BCUT2D eigenvalue weighted by molar-refractivity contribution is 6.00. The van der Waals surface area contributed by atoms with Crippen LogP contribution < -0.4 is 10.1 Å². The number of aromatic carboxylic acids is 1. The van der Waals surface area contributed by atoms with Crippen LogP contribution >= 0.6 is 0 Å². The van der Waals surface area contributed by atoms with Gasteiger partial charge in [0.1, 0.15) is 11.9 Å². The number of aliphatic hydroxyl groups excluding tert-OH is 1. The second-order valence-electron chi connectivity index (χ2n) is 11.4. The van der Waals surface area contributed by atoms with Gasteiger partial charge in [0, 0.05) is 37.2 Å². The number of ether oxygens (including phenoxy) is 1. The molecule has 0 radical (unpaired) electrons. The van der Waals surface area contributed by atoms with Gasteiger partial charge in [0.05, 0.1) is 23.8 Å². The molecular formula is C31H41N3O6. The van der Waals surface area contributed by atoms with Crippen molar-refractivity contribution in [2.75, 3.05) is 32.1 Å². The number of carbonyl (C=O) groups excluding carboxylic acids is 2. The molecule has 1 heterocycles. The van der Waals surface area contributed by atoms with E-state index < -0.39 is 5.97 Å². The maximum absolute atomic E-state index is 13.7. The van der Waals surface area contributed by atoms with E-state index in [-0.39, 0.29) is 48.0 Å². The minimum absolute atomic E-state index is 0.00489. The number of rotatable bonds is 9. The molecule has 9 heteroatoms. The van der Waals surface area contributed by atoms with Gasteiger partial charge in [0.2, 0.25) is 5.91 Å². The van der Waals surface area contributed by atoms with Gasteiger partial charge in [-0.05, 0) is 62.7 Å². The van der Waals surface area contributed by atoms with Crippen molar-refractivity contribution in [1.82, 2.24) is 9.80 Å². The third-order valence-electron chi connectivity index (χ3n) is 8.05. The summed E-state index contributed by atoms with van der Waals surface area (Å²) in [7, 11) is 1.98. The van der Waals surface area contributed by atoms with E-state index in [9.17, 15) is 19.5 Å². The Bertz CT molecular complexity index is 1190. The standard InChI is InChI=1S/C31H41N3O6/c1-20-16-34(21(2)19-35)30(37)26-15-25(32-29(36)23-7-5-4-6-8-23)13-14-27(26)40-28(20)18-33(3)17-22-9-11-24(12-10-22)31(38)39/h9-15,20-21,23,28,35H,4-8,16-19H2,1-3H3,(H,32,36)(H,38,39)/t20-,21-,28-/m0/s1. The summed E-state index contributed by atoms with van der Waals surface area (Å²) in [4.78, 5) is 41.5. The van der Waals surface area contributed by atoms with Crippen LogP contribution in [0.1, 0.15) is 72.2 Å². The van der Waals surface area contributed by atoms with Crippen LogP contribution in [0.3, 0.4) is 0 Å². The summed E-state index contributed by atoms with van der Waals surface area (Å²) in [5, 5.41) is 22.1. The monoisotopic (exact) mass is 551 g/mol. The van der Waals surface area contributed by atoms with E-state index in [1.165, 1.54) is 6.42 Å². The summed E-state index contributed by atoms with van der Waals surface area (Å²) >= 11 is 0. The van der Waals surface area contributed by atoms with Gasteiger partial charge < -0.3 is 25.2 Å². The molecular weight excluding hydrogens is 510 g/mol. The zero-order chi connectivity index (χ0) is 28.8. The van der Waals surface area contributed by atoms with E-state index >= 15 is 0 Å². The number of nitrogens with one attached hydrogen (secondary N) is 1. The van der Waals surface area contributed by atoms with Crippen LogP contribution in [0.5, 0.6) is 5.75 Å². The third kappa shape index (κ3) is 7.20. The molecule has 0 spiro atoms. The molecule has 0 unspecified atom stereocenters. The molecule has 4 rings (SSSR count). The van der Waals surface area contributed by atoms with E-state index in [0.29, 0.717) is 36.6 Å². The lowest BCUT2D eigenvalue weighted by molar-refractivity contribution is -0.120. The molecule has 2 aromatic carbocycles. The number of likely N-dealkylation sites (N-methyl/N-ethyl adjacent to an activating group) is 1. The molecule has 3 N–H and O–H groups in total. The molecule has 1 saturated carbocycles. The molecule has 9 nitrogen and oxygen atoms in total. The Kier molecular flexibility index (Phi) is 9.81. The number of carbonyl (C=O) groups is 3. The van der Waals surface area contributed by atoms with Crippen molar-refractivity contribution in [2.45, 2.75) is 64.6 Å². The first kappa shape index (κ1) is 29.6. The van der Waals surface area contributed by atoms with Gasteiger partial charge in [-0.2, -0.15) is 0 Å². The number of hydrogen-bond acceptors (Lipinski definition) is 6. The van der Waals surface area contributed by atoms with Crippen molar-refractivity contribution in [3.8, 4) is 5.75 Å². The number of fused-ring (bicyclic) bond motifs is 1. The predicted molar refractivity (Wildman–Crippen MR) is 153 cm³/mol. The van der Waals surface area contributed by atoms with Crippen molar-refractivity contribution in [1.29, 1.82) is 0 Å². The van der Waals surface area contributed by atoms with E-state index in [0.717, 1.165) is 31.2 Å². The highest BCUT2D eigenvalue weighted by Crippen LogP contribution is 2.32. The van der Waals surface area contributed by atoms with Crippen molar-refractivity contribution in [3.05, 3.63) is 59.2 Å². The second kappa shape index (κ2) is 13.3. The fourth-order valence-electron chi connectivity index (χ4n) is 5.56. The van der Waals surface area contributed by atoms with E-state index in [2.05, 4.69) is 10.2 Å². The van der Waals surface area contributed by atoms with Crippen LogP contribution in [0.2, 0.25) is 0 Å². The molecule has 40 heavy (non-hydrogen) atoms. The maximum Gasteiger partial charge on any atom is 0.335 e. The minimum Gasteiger partial charge on any atom is -0.488 e. The van der Waals surface area contributed by atoms with Crippen molar-refractivity contribution < 1.29 is 29.3 Å². The molecule has 2 amide bonds. The summed E-state index contributed by atoms with van der Waals surface area (Å²) < 4.78 is 6.47. The smallest absolute Gasteiger partial charge is 0.335 e. The second-order valence-corrected chi connectivity index (χ2v) is 11.4. The molecule has 0 aromatic heterocycles. The number of nitrogens with zero attached hydrogens (tertiary/aromatic N) is 2. The lowest BCUT2D eigenvalue weighted by Crippen LogP contribution is -2.49. The van der Waals surface area contributed by atoms with Crippen LogP contribution in [0.25, 0.3) is 0 Å². The molecule has 0 saturated heterocycles. The Morgan fingerprint density at radius 1 is 1.12 bits per heavy atom. The quantitative estimate of drug-likeness (QED) is 0.426. The molecule has 1 aliphatic heterocycles. The average Bonchev–Trinajstić information content (AvgIpc) is 2.95. The zero-order valence-corrected chi connectivity index (χ0v) is 23.6. The topological polar surface area (TPSA) is 119 Å². The summed E-state index contributed by atoms with van der Waals surface area (Å²) in [6.07, 6.45) is 4.80. The Hall–Kier alpha value is -3.43. The Morgan fingerprint density at radius 2 is 1.82 bits per heavy atom. The van der Waals surface area contributed by atoms with Crippen LogP contribution in [-0.4, -0.2) is 76.7 Å². The maximum atomic E-state index is 13.7. The fourth-order valence-corrected chi connectivity index (χ4v) is 5.56. The number of hydrogen-bond donors (Lipinski definition) is 3. The number of amides is 2. The van der Waals surface area contributed by atoms with Crippen LogP contribution in [0.15, 0.2) is 42.5 Å². The van der Waals surface area contributed by atoms with Crippen molar-refractivity contribution in [3.63, 3.8) is 0 Å². The number of carboxylic acid groups (broad SMARTS) is 1. The number of aliphatic hydroxyl groups is 1. The lowest BCUT2D eigenvalue weighted by atomic mass is 9.88. The molecule has 216 valence electrons. The van der Waals surface area contributed by atoms with Gasteiger partial charge in [0.25, 0.3) is 5.91 Å².